The first-order valence-electron chi connectivity index (χ1n) is 1.48. The fourth-order valence-corrected chi connectivity index (χ4v) is 0. The molecule has 0 aromatic rings. The van der Waals surface area contributed by atoms with Gasteiger partial charge in [-0.25, -0.2) is 0 Å². The van der Waals surface area contributed by atoms with E-state index in [1.54, 1.807) is 0 Å². The van der Waals surface area contributed by atoms with Crippen LogP contribution in [0.3, 0.4) is 0 Å². The van der Waals surface area contributed by atoms with E-state index in [0.717, 1.165) is 12.5 Å². The average Bonchev–Trinajstić information content (AvgIpc) is 1.25. The van der Waals surface area contributed by atoms with Crippen LogP contribution in [-0.2, 0) is 39.2 Å². The normalized spacial score (nSPS) is 13.8. The van der Waals surface area contributed by atoms with Crippen LogP contribution in [0.1, 0.15) is 0 Å². The van der Waals surface area contributed by atoms with Gasteiger partial charge in [-0.3, -0.25) is 8.42 Å². The molecule has 0 rings (SSSR count). The summed E-state index contributed by atoms with van der Waals surface area (Å²) in [4.78, 5) is 0. The van der Waals surface area contributed by atoms with Gasteiger partial charge in [-0.1, -0.05) is 22.2 Å². The molecule has 2 atom stereocenters. The molecular formula is C2H6FeO4S2. The van der Waals surface area contributed by atoms with Gasteiger partial charge in [0.2, 0.25) is 0 Å². The van der Waals surface area contributed by atoms with Crippen molar-refractivity contribution in [2.45, 2.75) is 0 Å². The Labute approximate surface area is 69.5 Å². The molecule has 0 aliphatic rings. The third kappa shape index (κ3) is 726. The first-order chi connectivity index (χ1) is 3.46. The Kier molecular flexibility index (Phi) is 21.0. The van der Waals surface area contributed by atoms with Crippen LogP contribution in [0.15, 0.2) is 0 Å². The molecule has 0 bridgehead atoms. The van der Waals surface area contributed by atoms with Gasteiger partial charge in [-0.05, 0) is 12.5 Å². The number of hydrogen-bond acceptors (Lipinski definition) is 4. The van der Waals surface area contributed by atoms with Crippen molar-refractivity contribution in [2.75, 3.05) is 12.5 Å². The summed E-state index contributed by atoms with van der Waals surface area (Å²) >= 11 is -3.72. The van der Waals surface area contributed by atoms with Crippen molar-refractivity contribution < 1.29 is 34.6 Å². The SMILES string of the molecule is CS(=O)[O-].CS(=O)[O-].[Fe+2]. The van der Waals surface area contributed by atoms with E-state index in [2.05, 4.69) is 0 Å². The smallest absolute Gasteiger partial charge is 0.773 e. The van der Waals surface area contributed by atoms with Crippen molar-refractivity contribution in [3.8, 4) is 0 Å². The average molecular weight is 214 g/mol. The van der Waals surface area contributed by atoms with Crippen LogP contribution >= 0.6 is 0 Å². The zero-order valence-electron chi connectivity index (χ0n) is 4.80. The Morgan fingerprint density at radius 2 is 1.00 bits per heavy atom. The predicted octanol–water partition coefficient (Wildman–Crippen LogP) is -1.01. The van der Waals surface area contributed by atoms with Gasteiger partial charge in [0.25, 0.3) is 0 Å². The molecule has 0 aromatic carbocycles. The minimum Gasteiger partial charge on any atom is -0.773 e. The molecule has 0 N–H and O–H groups in total. The molecule has 0 saturated carbocycles. The van der Waals surface area contributed by atoms with Gasteiger partial charge in [-0.15, -0.1) is 0 Å². The standard InChI is InChI=1S/2CH4O2S.Fe/c2*1-4(2)3;/h2*1H3,(H,2,3);/q;;+2/p-2. The van der Waals surface area contributed by atoms with E-state index >= 15 is 0 Å². The van der Waals surface area contributed by atoms with E-state index in [9.17, 15) is 0 Å². The number of hydrogen-bond donors (Lipinski definition) is 0. The maximum absolute atomic E-state index is 9.00. The maximum Gasteiger partial charge on any atom is 2.00 e. The fraction of sp³-hybridized carbons (Fsp3) is 1.00. The van der Waals surface area contributed by atoms with Gasteiger partial charge in [-0.2, -0.15) is 0 Å². The van der Waals surface area contributed by atoms with E-state index < -0.39 is 22.2 Å². The minimum atomic E-state index is -1.86. The second-order valence-electron chi connectivity index (χ2n) is 0.803. The molecule has 58 valence electrons. The van der Waals surface area contributed by atoms with Gasteiger partial charge in [0.1, 0.15) is 0 Å². The molecule has 0 radical (unpaired) electrons. The molecule has 4 nitrogen and oxygen atoms in total. The second kappa shape index (κ2) is 11.5. The molecule has 0 spiro atoms. The Morgan fingerprint density at radius 3 is 1.00 bits per heavy atom. The Balaban J connectivity index is -0.0000000720. The van der Waals surface area contributed by atoms with Crippen LogP contribution in [0.4, 0.5) is 0 Å². The van der Waals surface area contributed by atoms with Gasteiger partial charge >= 0.3 is 17.1 Å². The van der Waals surface area contributed by atoms with Crippen LogP contribution < -0.4 is 0 Å². The third-order valence-electron chi connectivity index (χ3n) is 0. The van der Waals surface area contributed by atoms with Crippen molar-refractivity contribution in [2.24, 2.45) is 0 Å². The van der Waals surface area contributed by atoms with Gasteiger partial charge in [0, 0.05) is 0 Å². The molecule has 0 fully saturated rings. The summed E-state index contributed by atoms with van der Waals surface area (Å²) in [6.07, 6.45) is 2.17. The van der Waals surface area contributed by atoms with Crippen LogP contribution in [0.5, 0.6) is 0 Å². The molecular weight excluding hydrogens is 208 g/mol. The zero-order chi connectivity index (χ0) is 7.15. The van der Waals surface area contributed by atoms with Crippen LogP contribution in [0.2, 0.25) is 0 Å². The van der Waals surface area contributed by atoms with Gasteiger partial charge in [0.05, 0.1) is 0 Å². The summed E-state index contributed by atoms with van der Waals surface area (Å²) in [5, 5.41) is 0. The van der Waals surface area contributed by atoms with Crippen molar-refractivity contribution in [1.29, 1.82) is 0 Å². The van der Waals surface area contributed by atoms with Crippen LogP contribution in [0.25, 0.3) is 0 Å². The minimum absolute atomic E-state index is 0. The van der Waals surface area contributed by atoms with Crippen molar-refractivity contribution in [3.63, 3.8) is 0 Å². The quantitative estimate of drug-likeness (QED) is 0.382. The molecule has 0 amide bonds. The third-order valence-corrected chi connectivity index (χ3v) is 0. The summed E-state index contributed by atoms with van der Waals surface area (Å²) in [7, 11) is 0. The summed E-state index contributed by atoms with van der Waals surface area (Å²) in [6, 6.07) is 0. The van der Waals surface area contributed by atoms with Crippen LogP contribution in [-0.4, -0.2) is 30.0 Å². The summed E-state index contributed by atoms with van der Waals surface area (Å²) in [5.74, 6) is 0. The molecule has 0 aliphatic heterocycles. The van der Waals surface area contributed by atoms with E-state index in [1.165, 1.54) is 0 Å². The predicted molar refractivity (Wildman–Crippen MR) is 29.7 cm³/mol. The zero-order valence-corrected chi connectivity index (χ0v) is 7.54. The van der Waals surface area contributed by atoms with E-state index in [4.69, 9.17) is 17.5 Å². The van der Waals surface area contributed by atoms with Crippen LogP contribution in [0, 0.1) is 0 Å². The fourth-order valence-electron chi connectivity index (χ4n) is 0. The van der Waals surface area contributed by atoms with Crippen molar-refractivity contribution in [3.05, 3.63) is 0 Å². The first kappa shape index (κ1) is 16.4. The summed E-state index contributed by atoms with van der Waals surface area (Å²) in [5.41, 5.74) is 0. The second-order valence-corrected chi connectivity index (χ2v) is 2.41. The van der Waals surface area contributed by atoms with Gasteiger partial charge < -0.3 is 9.11 Å². The van der Waals surface area contributed by atoms with E-state index in [-0.39, 0.29) is 17.1 Å². The molecule has 7 heteroatoms. The monoisotopic (exact) mass is 214 g/mol. The summed E-state index contributed by atoms with van der Waals surface area (Å²) in [6.45, 7) is 0. The molecule has 0 saturated heterocycles. The molecule has 9 heavy (non-hydrogen) atoms. The molecule has 2 unspecified atom stereocenters. The Bertz CT molecular complexity index is 74.6. The summed E-state index contributed by atoms with van der Waals surface area (Å²) < 4.78 is 36.0. The molecule has 0 aromatic heterocycles. The van der Waals surface area contributed by atoms with Crippen molar-refractivity contribution >= 4 is 22.2 Å². The number of rotatable bonds is 0. The van der Waals surface area contributed by atoms with E-state index in [0.29, 0.717) is 0 Å². The topological polar surface area (TPSA) is 80.3 Å². The Morgan fingerprint density at radius 1 is 1.00 bits per heavy atom. The largest absolute Gasteiger partial charge is 2.00 e. The maximum atomic E-state index is 9.00. The Hall–Kier alpha value is 0.739. The first-order valence-corrected chi connectivity index (χ1v) is 4.45. The van der Waals surface area contributed by atoms with E-state index in [1.807, 2.05) is 0 Å². The molecule has 0 heterocycles. The van der Waals surface area contributed by atoms with Crippen molar-refractivity contribution in [1.82, 2.24) is 0 Å². The van der Waals surface area contributed by atoms with Gasteiger partial charge in [0.15, 0.2) is 0 Å². The molecule has 0 aliphatic carbocycles.